The lowest BCUT2D eigenvalue weighted by molar-refractivity contribution is 0.222. The van der Waals surface area contributed by atoms with Crippen molar-refractivity contribution in [1.82, 2.24) is 0 Å². The van der Waals surface area contributed by atoms with E-state index >= 15 is 0 Å². The SMILES string of the molecule is CCCCCCCCCCCC(C)(CCCCCCCCCC)CCCCCCCCCC. The molecule has 0 rings (SSSR count). The highest BCUT2D eigenvalue weighted by Gasteiger charge is 2.22. The van der Waals surface area contributed by atoms with Crippen LogP contribution in [0.1, 0.15) is 207 Å². The summed E-state index contributed by atoms with van der Waals surface area (Å²) in [5.74, 6) is 0. The largest absolute Gasteiger partial charge is 0.0654 e. The Bertz CT molecular complexity index is 324. The summed E-state index contributed by atoms with van der Waals surface area (Å²) >= 11 is 0. The molecule has 200 valence electrons. The smallest absolute Gasteiger partial charge is 0.0326 e. The monoisotopic (exact) mass is 465 g/mol. The van der Waals surface area contributed by atoms with Gasteiger partial charge in [-0.2, -0.15) is 0 Å². The van der Waals surface area contributed by atoms with E-state index < -0.39 is 0 Å². The molecule has 0 heteroatoms. The molecule has 0 aromatic carbocycles. The van der Waals surface area contributed by atoms with E-state index in [0.717, 1.165) is 0 Å². The Morgan fingerprint density at radius 3 is 0.667 bits per heavy atom. The van der Waals surface area contributed by atoms with Crippen molar-refractivity contribution in [3.05, 3.63) is 0 Å². The molecule has 0 spiro atoms. The Labute approximate surface area is 212 Å². The maximum atomic E-state index is 2.65. The maximum absolute atomic E-state index is 2.65. The zero-order chi connectivity index (χ0) is 24.3. The third-order valence-electron chi connectivity index (χ3n) is 8.15. The summed E-state index contributed by atoms with van der Waals surface area (Å²) in [6.07, 6.45) is 41.0. The minimum atomic E-state index is 0.631. The number of hydrogen-bond donors (Lipinski definition) is 0. The first-order chi connectivity index (χ1) is 16.2. The van der Waals surface area contributed by atoms with Gasteiger partial charge in [0.2, 0.25) is 0 Å². The first-order valence-electron chi connectivity index (χ1n) is 16.2. The first kappa shape index (κ1) is 33.0. The summed E-state index contributed by atoms with van der Waals surface area (Å²) in [6, 6.07) is 0. The summed E-state index contributed by atoms with van der Waals surface area (Å²) in [6.45, 7) is 9.61. The summed E-state index contributed by atoms with van der Waals surface area (Å²) in [4.78, 5) is 0. The molecule has 0 heterocycles. The number of hydrogen-bond acceptors (Lipinski definition) is 0. The van der Waals surface area contributed by atoms with Crippen LogP contribution in [0.15, 0.2) is 0 Å². The van der Waals surface area contributed by atoms with Crippen molar-refractivity contribution in [2.75, 3.05) is 0 Å². The van der Waals surface area contributed by atoms with Crippen LogP contribution < -0.4 is 0 Å². The summed E-state index contributed by atoms with van der Waals surface area (Å²) in [7, 11) is 0. The minimum absolute atomic E-state index is 0.631. The zero-order valence-corrected chi connectivity index (χ0v) is 24.3. The van der Waals surface area contributed by atoms with Gasteiger partial charge in [0, 0.05) is 0 Å². The number of unbranched alkanes of at least 4 members (excludes halogenated alkanes) is 22. The van der Waals surface area contributed by atoms with Crippen LogP contribution in [0.2, 0.25) is 0 Å². The average molecular weight is 465 g/mol. The molecular formula is C33H68. The highest BCUT2D eigenvalue weighted by molar-refractivity contribution is 4.75. The quantitative estimate of drug-likeness (QED) is 0.101. The normalized spacial score (nSPS) is 12.0. The molecule has 0 unspecified atom stereocenters. The Kier molecular flexibility index (Phi) is 26.6. The van der Waals surface area contributed by atoms with Gasteiger partial charge in [-0.1, -0.05) is 188 Å². The van der Waals surface area contributed by atoms with Crippen molar-refractivity contribution in [2.45, 2.75) is 207 Å². The van der Waals surface area contributed by atoms with Crippen molar-refractivity contribution < 1.29 is 0 Å². The third kappa shape index (κ3) is 24.9. The molecule has 0 saturated heterocycles. The van der Waals surface area contributed by atoms with Gasteiger partial charge in [0.15, 0.2) is 0 Å². The van der Waals surface area contributed by atoms with Gasteiger partial charge in [0.1, 0.15) is 0 Å². The van der Waals surface area contributed by atoms with Crippen LogP contribution in [0.4, 0.5) is 0 Å². The molecule has 0 aromatic heterocycles. The minimum Gasteiger partial charge on any atom is -0.0654 e. The van der Waals surface area contributed by atoms with Crippen LogP contribution in [0.3, 0.4) is 0 Å². The van der Waals surface area contributed by atoms with Gasteiger partial charge in [0.05, 0.1) is 0 Å². The Morgan fingerprint density at radius 2 is 0.455 bits per heavy atom. The Hall–Kier alpha value is 0. The van der Waals surface area contributed by atoms with Crippen molar-refractivity contribution >= 4 is 0 Å². The zero-order valence-electron chi connectivity index (χ0n) is 24.3. The standard InChI is InChI=1S/C33H68/c1-5-8-11-14-17-20-23-26-29-32-33(4,30-27-24-21-18-15-12-9-6-2)31-28-25-22-19-16-13-10-7-3/h5-32H2,1-4H3. The first-order valence-corrected chi connectivity index (χ1v) is 16.2. The molecule has 0 aliphatic heterocycles. The highest BCUT2D eigenvalue weighted by atomic mass is 14.3. The molecule has 33 heavy (non-hydrogen) atoms. The van der Waals surface area contributed by atoms with Crippen LogP contribution in [0, 0.1) is 5.41 Å². The Morgan fingerprint density at radius 1 is 0.273 bits per heavy atom. The molecule has 0 N–H and O–H groups in total. The summed E-state index contributed by atoms with van der Waals surface area (Å²) in [5, 5.41) is 0. The van der Waals surface area contributed by atoms with Crippen LogP contribution in [0.5, 0.6) is 0 Å². The maximum Gasteiger partial charge on any atom is -0.0326 e. The number of rotatable bonds is 28. The van der Waals surface area contributed by atoms with Crippen LogP contribution in [0.25, 0.3) is 0 Å². The molecule has 0 amide bonds. The van der Waals surface area contributed by atoms with Crippen molar-refractivity contribution in [1.29, 1.82) is 0 Å². The van der Waals surface area contributed by atoms with Gasteiger partial charge < -0.3 is 0 Å². The van der Waals surface area contributed by atoms with Crippen molar-refractivity contribution in [3.63, 3.8) is 0 Å². The lowest BCUT2D eigenvalue weighted by Gasteiger charge is -2.30. The van der Waals surface area contributed by atoms with Gasteiger partial charge in [0.25, 0.3) is 0 Å². The Balaban J connectivity index is 4.04. The molecular weight excluding hydrogens is 396 g/mol. The van der Waals surface area contributed by atoms with Crippen LogP contribution >= 0.6 is 0 Å². The molecule has 0 fully saturated rings. The molecule has 0 atom stereocenters. The molecule has 0 radical (unpaired) electrons. The van der Waals surface area contributed by atoms with E-state index in [1.54, 1.807) is 0 Å². The third-order valence-corrected chi connectivity index (χ3v) is 8.15. The topological polar surface area (TPSA) is 0 Å². The lowest BCUT2D eigenvalue weighted by atomic mass is 9.75. The molecule has 0 nitrogen and oxygen atoms in total. The summed E-state index contributed by atoms with van der Waals surface area (Å²) < 4.78 is 0. The van der Waals surface area contributed by atoms with E-state index in [1.165, 1.54) is 180 Å². The van der Waals surface area contributed by atoms with E-state index in [2.05, 4.69) is 27.7 Å². The fraction of sp³-hybridized carbons (Fsp3) is 1.00. The van der Waals surface area contributed by atoms with Gasteiger partial charge in [-0.3, -0.25) is 0 Å². The van der Waals surface area contributed by atoms with Gasteiger partial charge >= 0.3 is 0 Å². The predicted molar refractivity (Wildman–Crippen MR) is 154 cm³/mol. The second-order valence-corrected chi connectivity index (χ2v) is 11.8. The second-order valence-electron chi connectivity index (χ2n) is 11.8. The van der Waals surface area contributed by atoms with Gasteiger partial charge in [-0.15, -0.1) is 0 Å². The molecule has 0 bridgehead atoms. The van der Waals surface area contributed by atoms with Crippen molar-refractivity contribution in [3.8, 4) is 0 Å². The lowest BCUT2D eigenvalue weighted by Crippen LogP contribution is -2.16. The van der Waals surface area contributed by atoms with E-state index in [1.807, 2.05) is 0 Å². The van der Waals surface area contributed by atoms with Crippen LogP contribution in [-0.4, -0.2) is 0 Å². The molecule has 0 aromatic rings. The fourth-order valence-electron chi connectivity index (χ4n) is 5.61. The van der Waals surface area contributed by atoms with E-state index in [9.17, 15) is 0 Å². The second kappa shape index (κ2) is 26.6. The molecule has 0 aliphatic carbocycles. The van der Waals surface area contributed by atoms with Crippen LogP contribution in [-0.2, 0) is 0 Å². The van der Waals surface area contributed by atoms with E-state index in [-0.39, 0.29) is 0 Å². The highest BCUT2D eigenvalue weighted by Crippen LogP contribution is 2.37. The molecule has 0 saturated carbocycles. The van der Waals surface area contributed by atoms with Crippen molar-refractivity contribution in [2.24, 2.45) is 5.41 Å². The molecule has 0 aliphatic rings. The average Bonchev–Trinajstić information content (AvgIpc) is 2.81. The van der Waals surface area contributed by atoms with Gasteiger partial charge in [-0.25, -0.2) is 0 Å². The van der Waals surface area contributed by atoms with E-state index in [0.29, 0.717) is 5.41 Å². The predicted octanol–water partition coefficient (Wildman–Crippen LogP) is 13.0. The van der Waals surface area contributed by atoms with E-state index in [4.69, 9.17) is 0 Å². The van der Waals surface area contributed by atoms with Gasteiger partial charge in [-0.05, 0) is 24.7 Å². The summed E-state index contributed by atoms with van der Waals surface area (Å²) in [5.41, 5.74) is 0.631. The fourth-order valence-corrected chi connectivity index (χ4v) is 5.61.